The quantitative estimate of drug-likeness (QED) is 0.372. The molecule has 9 heteroatoms. The van der Waals surface area contributed by atoms with Gasteiger partial charge in [-0.25, -0.2) is 0 Å². The third kappa shape index (κ3) is 4.87. The fraction of sp³-hybridized carbons (Fsp3) is 0.600. The van der Waals surface area contributed by atoms with Crippen LogP contribution in [-0.2, 0) is 9.53 Å². The Morgan fingerprint density at radius 1 is 1.53 bits per heavy atom. The van der Waals surface area contributed by atoms with E-state index in [9.17, 15) is 9.59 Å². The maximum Gasteiger partial charge on any atom is 0.294 e. The van der Waals surface area contributed by atoms with Crippen molar-refractivity contribution in [2.45, 2.75) is 18.5 Å². The van der Waals surface area contributed by atoms with E-state index in [0.717, 1.165) is 22.9 Å². The maximum atomic E-state index is 11.5. The summed E-state index contributed by atoms with van der Waals surface area (Å²) in [6.07, 6.45) is 0.749. The molecule has 1 aromatic heterocycles. The Balaban J connectivity index is 2.42. The molecule has 3 N–H and O–H groups in total. The molecule has 0 spiro atoms. The molecule has 0 saturated heterocycles. The minimum Gasteiger partial charge on any atom is -0.385 e. The van der Waals surface area contributed by atoms with Crippen molar-refractivity contribution in [1.82, 2.24) is 20.2 Å². The average Bonchev–Trinajstić information content (AvgIpc) is 2.40. The number of methoxy groups -OCH3 is 1. The minimum atomic E-state index is -0.419. The Hall–Kier alpha value is -1.61. The number of nitrogens with two attached hydrogens (primary N) is 1. The van der Waals surface area contributed by atoms with E-state index in [2.05, 4.69) is 15.5 Å². The number of hydrogen-bond donors (Lipinski definition) is 2. The molecule has 0 radical (unpaired) electrons. The van der Waals surface area contributed by atoms with Crippen LogP contribution in [0.5, 0.6) is 0 Å². The van der Waals surface area contributed by atoms with Gasteiger partial charge < -0.3 is 15.9 Å². The van der Waals surface area contributed by atoms with Gasteiger partial charge in [0.15, 0.2) is 0 Å². The first-order valence-electron chi connectivity index (χ1n) is 5.66. The Morgan fingerprint density at radius 2 is 2.26 bits per heavy atom. The predicted molar refractivity (Wildman–Crippen MR) is 71.4 cm³/mol. The van der Waals surface area contributed by atoms with Crippen molar-refractivity contribution in [2.24, 2.45) is 0 Å². The molecule has 0 aliphatic rings. The lowest BCUT2D eigenvalue weighted by Crippen LogP contribution is -2.33. The third-order valence-electron chi connectivity index (χ3n) is 2.20. The predicted octanol–water partition coefficient (Wildman–Crippen LogP) is -1.09. The normalized spacial score (nSPS) is 10.4. The van der Waals surface area contributed by atoms with Crippen molar-refractivity contribution in [2.75, 3.05) is 31.9 Å². The van der Waals surface area contributed by atoms with Gasteiger partial charge in [-0.2, -0.15) is 4.68 Å². The van der Waals surface area contributed by atoms with E-state index in [-0.39, 0.29) is 22.5 Å². The molecule has 1 heterocycles. The average molecular weight is 287 g/mol. The van der Waals surface area contributed by atoms with Gasteiger partial charge in [0.1, 0.15) is 5.69 Å². The van der Waals surface area contributed by atoms with Crippen LogP contribution in [0.4, 0.5) is 0 Å². The molecule has 0 bridgehead atoms. The first-order valence-corrected chi connectivity index (χ1v) is 6.64. The number of rotatable bonds is 7. The van der Waals surface area contributed by atoms with E-state index in [0.29, 0.717) is 13.2 Å². The van der Waals surface area contributed by atoms with Gasteiger partial charge in [0.25, 0.3) is 5.56 Å². The molecule has 19 heavy (non-hydrogen) atoms. The number of nitrogens with zero attached hydrogens (tertiary/aromatic N) is 3. The van der Waals surface area contributed by atoms with E-state index in [1.165, 1.54) is 6.92 Å². The molecule has 0 atom stereocenters. The van der Waals surface area contributed by atoms with Crippen LogP contribution < -0.4 is 16.7 Å². The van der Waals surface area contributed by atoms with Crippen LogP contribution in [0.25, 0.3) is 0 Å². The van der Waals surface area contributed by atoms with Crippen LogP contribution >= 0.6 is 11.8 Å². The second-order valence-corrected chi connectivity index (χ2v) is 4.67. The van der Waals surface area contributed by atoms with Gasteiger partial charge in [0, 0.05) is 20.3 Å². The molecule has 106 valence electrons. The zero-order chi connectivity index (χ0) is 14.3. The molecule has 1 aromatic rings. The smallest absolute Gasteiger partial charge is 0.294 e. The van der Waals surface area contributed by atoms with Gasteiger partial charge in [-0.3, -0.25) is 9.59 Å². The van der Waals surface area contributed by atoms with Crippen LogP contribution in [0.3, 0.4) is 0 Å². The fourth-order valence-electron chi connectivity index (χ4n) is 1.19. The van der Waals surface area contributed by atoms with Crippen LogP contribution in [0.2, 0.25) is 0 Å². The van der Waals surface area contributed by atoms with Crippen molar-refractivity contribution in [3.05, 3.63) is 16.0 Å². The molecule has 1 amide bonds. The summed E-state index contributed by atoms with van der Waals surface area (Å²) in [5, 5.41) is 10.4. The minimum absolute atomic E-state index is 0.126. The Kier molecular flexibility index (Phi) is 6.30. The lowest BCUT2D eigenvalue weighted by atomic mass is 10.4. The molecular weight excluding hydrogens is 270 g/mol. The number of aryl methyl sites for hydroxylation is 1. The number of carbonyl (C=O) groups is 1. The first kappa shape index (κ1) is 15.4. The van der Waals surface area contributed by atoms with Crippen molar-refractivity contribution < 1.29 is 9.53 Å². The molecule has 0 aromatic carbocycles. The van der Waals surface area contributed by atoms with Crippen molar-refractivity contribution in [1.29, 1.82) is 0 Å². The number of aromatic nitrogens is 3. The topological polar surface area (TPSA) is 112 Å². The number of hydrogen-bond acceptors (Lipinski definition) is 7. The van der Waals surface area contributed by atoms with Crippen molar-refractivity contribution >= 4 is 17.7 Å². The summed E-state index contributed by atoms with van der Waals surface area (Å²) in [5.74, 6) is 5.51. The highest BCUT2D eigenvalue weighted by Gasteiger charge is 2.09. The number of nitrogens with one attached hydrogen (secondary N) is 1. The van der Waals surface area contributed by atoms with Crippen LogP contribution in [-0.4, -0.2) is 46.8 Å². The highest BCUT2D eigenvalue weighted by Crippen LogP contribution is 2.10. The summed E-state index contributed by atoms with van der Waals surface area (Å²) >= 11 is 1.06. The summed E-state index contributed by atoms with van der Waals surface area (Å²) in [6.45, 7) is 2.66. The summed E-state index contributed by atoms with van der Waals surface area (Å²) in [4.78, 5) is 23.0. The van der Waals surface area contributed by atoms with E-state index < -0.39 is 5.56 Å². The third-order valence-corrected chi connectivity index (χ3v) is 3.14. The fourth-order valence-corrected chi connectivity index (χ4v) is 1.88. The summed E-state index contributed by atoms with van der Waals surface area (Å²) in [6, 6.07) is 0. The molecule has 0 unspecified atom stereocenters. The SMILES string of the molecule is COCCCNC(=O)CSc1nnc(C)c(=O)n1N. The molecule has 8 nitrogen and oxygen atoms in total. The van der Waals surface area contributed by atoms with E-state index >= 15 is 0 Å². The highest BCUT2D eigenvalue weighted by atomic mass is 32.2. The van der Waals surface area contributed by atoms with Gasteiger partial charge >= 0.3 is 0 Å². The number of ether oxygens (including phenoxy) is 1. The lowest BCUT2D eigenvalue weighted by Gasteiger charge is -2.06. The molecule has 0 aliphatic heterocycles. The largest absolute Gasteiger partial charge is 0.385 e. The standard InChI is InChI=1S/C10H17N5O3S/c1-7-9(17)15(11)10(14-13-7)19-6-8(16)12-4-3-5-18-2/h3-6,11H2,1-2H3,(H,12,16). The molecule has 0 saturated carbocycles. The lowest BCUT2D eigenvalue weighted by molar-refractivity contribution is -0.118. The van der Waals surface area contributed by atoms with E-state index in [1.54, 1.807) is 7.11 Å². The van der Waals surface area contributed by atoms with Gasteiger partial charge in [-0.05, 0) is 13.3 Å². The number of carbonyl (C=O) groups excluding carboxylic acids is 1. The zero-order valence-electron chi connectivity index (χ0n) is 10.9. The molecule has 0 aliphatic carbocycles. The van der Waals surface area contributed by atoms with Gasteiger partial charge in [0.05, 0.1) is 5.75 Å². The molecular formula is C10H17N5O3S. The van der Waals surface area contributed by atoms with E-state index in [1.807, 2.05) is 0 Å². The van der Waals surface area contributed by atoms with Gasteiger partial charge in [0.2, 0.25) is 11.1 Å². The number of nitrogen functional groups attached to an aromatic ring is 1. The molecule has 0 fully saturated rings. The van der Waals surface area contributed by atoms with Crippen LogP contribution in [0.1, 0.15) is 12.1 Å². The Morgan fingerprint density at radius 3 is 2.95 bits per heavy atom. The van der Waals surface area contributed by atoms with Gasteiger partial charge in [-0.15, -0.1) is 10.2 Å². The summed E-state index contributed by atoms with van der Waals surface area (Å²) < 4.78 is 5.76. The van der Waals surface area contributed by atoms with Crippen LogP contribution in [0.15, 0.2) is 9.95 Å². The second kappa shape index (κ2) is 7.74. The second-order valence-electron chi connectivity index (χ2n) is 3.73. The highest BCUT2D eigenvalue weighted by molar-refractivity contribution is 7.99. The van der Waals surface area contributed by atoms with Crippen molar-refractivity contribution in [3.63, 3.8) is 0 Å². The first-order chi connectivity index (χ1) is 9.06. The maximum absolute atomic E-state index is 11.5. The number of thioether (sulfide) groups is 1. The molecule has 1 rings (SSSR count). The summed E-state index contributed by atoms with van der Waals surface area (Å²) in [5.41, 5.74) is -0.200. The number of amides is 1. The zero-order valence-corrected chi connectivity index (χ0v) is 11.7. The van der Waals surface area contributed by atoms with Crippen molar-refractivity contribution in [3.8, 4) is 0 Å². The van der Waals surface area contributed by atoms with E-state index in [4.69, 9.17) is 10.6 Å². The Bertz CT molecular complexity index is 491. The van der Waals surface area contributed by atoms with Gasteiger partial charge in [-0.1, -0.05) is 11.8 Å². The van der Waals surface area contributed by atoms with Crippen LogP contribution in [0, 0.1) is 6.92 Å². The summed E-state index contributed by atoms with van der Waals surface area (Å²) in [7, 11) is 1.61. The monoisotopic (exact) mass is 287 g/mol. The Labute approximate surface area is 114 Å².